The van der Waals surface area contributed by atoms with Crippen LogP contribution in [0, 0.1) is 0 Å². The Morgan fingerprint density at radius 3 is 1.06 bits per heavy atom. The van der Waals surface area contributed by atoms with Crippen molar-refractivity contribution in [3.63, 3.8) is 0 Å². The first-order valence-corrected chi connectivity index (χ1v) is 46.7. The van der Waals surface area contributed by atoms with Crippen molar-refractivity contribution < 1.29 is 71.5 Å². The van der Waals surface area contributed by atoms with Gasteiger partial charge in [-0.1, -0.05) is 72.8 Å². The fraction of sp³-hybridized carbons (Fsp3) is 0.423. The van der Waals surface area contributed by atoms with E-state index in [4.69, 9.17) is 0 Å². The minimum absolute atomic E-state index is 0.0448. The van der Waals surface area contributed by atoms with E-state index in [-0.39, 0.29) is 130 Å². The quantitative estimate of drug-likeness (QED) is 0.0598. The lowest BCUT2D eigenvalue weighted by atomic mass is 10.1. The van der Waals surface area contributed by atoms with E-state index >= 15 is 0 Å². The third-order valence-electron chi connectivity index (χ3n) is 21.7. The third-order valence-corrected chi connectivity index (χ3v) is 21.7. The topological polar surface area (TPSA) is 603 Å². The summed E-state index contributed by atoms with van der Waals surface area (Å²) < 4.78 is 0. The number of hydrogen-bond donors (Lipinski definition) is 23. The van der Waals surface area contributed by atoms with Crippen LogP contribution in [0.3, 0.4) is 0 Å². The van der Waals surface area contributed by atoms with Gasteiger partial charge in [0, 0.05) is 171 Å². The summed E-state index contributed by atoms with van der Waals surface area (Å²) in [4.78, 5) is 84.3. The van der Waals surface area contributed by atoms with Gasteiger partial charge in [-0.05, 0) is 139 Å². The van der Waals surface area contributed by atoms with Crippen LogP contribution in [-0.4, -0.2) is 406 Å². The van der Waals surface area contributed by atoms with Gasteiger partial charge in [0.05, 0.1) is 17.9 Å². The van der Waals surface area contributed by atoms with Crippen molar-refractivity contribution in [3.8, 4) is 80.5 Å². The van der Waals surface area contributed by atoms with Gasteiger partial charge in [0.25, 0.3) is 0 Å². The smallest absolute Gasteiger partial charge is 0.207 e. The van der Waals surface area contributed by atoms with E-state index < -0.39 is 0 Å². The molecule has 0 aromatic heterocycles. The molecule has 7 aliphatic heterocycles. The number of aliphatic imine (C=N–C) groups is 14. The van der Waals surface area contributed by atoms with Gasteiger partial charge >= 0.3 is 0 Å². The molecular weight excluding hydrogens is 1880 g/mol. The van der Waals surface area contributed by atoms with Gasteiger partial charge in [0.1, 0.15) is 43.2 Å². The molecule has 0 radical (unpaired) electrons. The second kappa shape index (κ2) is 53.1. The molecular formula is C97H145N35O14. The van der Waals surface area contributed by atoms with Gasteiger partial charge in [-0.2, -0.15) is 0 Å². The van der Waals surface area contributed by atoms with Crippen molar-refractivity contribution in [3.05, 3.63) is 155 Å². The molecule has 7 unspecified atom stereocenters. The standard InChI is InChI=1S/C16H25N5O2.C15H23N5O2.2C14H21N5O2.2C13H19N5O2.C12H17N5O2/c1-11-17-15(19(2)3)21(5)16(18-11)20(4)10-9-12-7-6-8-13(22)14(12)23;1-10-16-14(19(2)3)18-15(17-10)20(4)9-8-11-6-5-7-12(21)13(11)22;1-9-15-13(18(2)3)17-14(16-9)19(4)8-10-6-5-7-11(20)12(10)21;1-9-16-13(18-14(17-9)19(2)3)15-8-7-10-5-4-6-11(20)12(10)21;1-8-14-12(17(2)3)16-13(15-8)18(4)9-6-5-7-10(19)11(9)20;1-8-15-12(17-13(16-8)18(2)3)14-7-9-5-4-6-10(19)11(9)20;1-7-13-11(16-12(14-7)17(2)3)15-8-5-4-6-9(18)10(8)19/h6-8,11,22-23H,9-10H2,1-5H3;5-7,10,21-22H,8-9H2,1-4H3,(H,16,17,18);5-7,9,20-21H,8H2,1-4H3,(H,15,16,17);4-6,9,20-21H,7-8H2,1-3H3,(H2,15,16,17,18);5-8,19-20H,1-4H3,(H,14,15,16);4-6,8,19-20H,7H2,1-3H3,(H2,14,15,16,17);4-7,18-19H,1-3H3,(H2,13,14,15,16). The highest BCUT2D eigenvalue weighted by Crippen LogP contribution is 2.38. The van der Waals surface area contributed by atoms with Gasteiger partial charge < -0.3 is 141 Å². The number of likely N-dealkylation sites (N-methyl/N-ethyl adjacent to an activating group) is 2. The lowest BCUT2D eigenvalue weighted by Crippen LogP contribution is -2.53. The number of aromatic hydroxyl groups is 14. The lowest BCUT2D eigenvalue weighted by molar-refractivity contribution is 0.388. The molecule has 0 spiro atoms. The molecule has 792 valence electrons. The minimum Gasteiger partial charge on any atom is -0.504 e. The van der Waals surface area contributed by atoms with E-state index in [2.05, 4.69) is 118 Å². The number of phenols is 14. The number of para-hydroxylation sites is 7. The molecule has 0 fully saturated rings. The number of hydrogen-bond acceptors (Lipinski definition) is 45. The number of nitrogens with one attached hydrogen (secondary N) is 9. The fourth-order valence-electron chi connectivity index (χ4n) is 13.9. The Balaban J connectivity index is 0.000000208. The van der Waals surface area contributed by atoms with Crippen LogP contribution in [0.15, 0.2) is 197 Å². The van der Waals surface area contributed by atoms with Crippen LogP contribution in [0.2, 0.25) is 0 Å². The maximum absolute atomic E-state index is 9.92. The molecule has 14 rings (SSSR count). The normalized spacial score (nSPS) is 18.3. The Labute approximate surface area is 852 Å². The van der Waals surface area contributed by atoms with Gasteiger partial charge in [-0.15, -0.1) is 0 Å². The molecule has 0 saturated carbocycles. The first kappa shape index (κ1) is 114. The number of rotatable bonds is 15. The second-order valence-electron chi connectivity index (χ2n) is 35.6. The predicted molar refractivity (Wildman–Crippen MR) is 576 cm³/mol. The average molecular weight is 2030 g/mol. The summed E-state index contributed by atoms with van der Waals surface area (Å²) in [7, 11) is 36.1. The van der Waals surface area contributed by atoms with Gasteiger partial charge in [0.2, 0.25) is 71.5 Å². The SMILES string of the molecule is CC1N=C(N(C)C)N(C)C(N(C)CCc2cccc(O)c2O)=N1.CC1N=C(N(C)C)NC(=NCCc2cccc(O)c2O)N1.CC1N=C(N(C)C)NC(=NCc2cccc(O)c2O)N1.CC1N=C(N(C)C)NC(N(C)CCc2cccc(O)c2O)=N1.CC1N=C(N(C)C)NC(N(C)Cc2cccc(O)c2O)=N1.CC1N=C(N(C)C)NC(N(C)c2cccc(O)c2O)=N1.CC1N=C(Nc2cccc(O)c2O)NC(N(C)C)=N1. The molecule has 0 bridgehead atoms. The van der Waals surface area contributed by atoms with Crippen LogP contribution in [0.1, 0.15) is 76.3 Å². The van der Waals surface area contributed by atoms with Crippen molar-refractivity contribution in [2.24, 2.45) is 69.9 Å². The molecule has 0 amide bonds. The van der Waals surface area contributed by atoms with E-state index in [0.29, 0.717) is 126 Å². The van der Waals surface area contributed by atoms with Crippen molar-refractivity contribution in [1.29, 1.82) is 0 Å². The van der Waals surface area contributed by atoms with E-state index in [0.717, 1.165) is 41.7 Å². The predicted octanol–water partition coefficient (Wildman–Crippen LogP) is 5.04. The summed E-state index contributed by atoms with van der Waals surface area (Å²) in [6, 6.07) is 34.1. The molecule has 49 nitrogen and oxygen atoms in total. The van der Waals surface area contributed by atoms with Crippen LogP contribution in [-0.2, 0) is 32.4 Å². The summed E-state index contributed by atoms with van der Waals surface area (Å²) in [5.74, 6) is 7.96. The summed E-state index contributed by atoms with van der Waals surface area (Å²) in [5, 5.41) is 163. The average Bonchev–Trinajstić information content (AvgIpc) is 0.810. The Morgan fingerprint density at radius 1 is 0.295 bits per heavy atom. The largest absolute Gasteiger partial charge is 0.504 e. The maximum atomic E-state index is 9.92. The maximum Gasteiger partial charge on any atom is 0.207 e. The van der Waals surface area contributed by atoms with Crippen molar-refractivity contribution >= 4 is 94.8 Å². The number of guanidine groups is 14. The highest BCUT2D eigenvalue weighted by atomic mass is 16.3. The van der Waals surface area contributed by atoms with E-state index in [9.17, 15) is 71.5 Å². The van der Waals surface area contributed by atoms with Gasteiger partial charge in [0.15, 0.2) is 92.4 Å². The summed E-state index contributed by atoms with van der Waals surface area (Å²) in [5.41, 5.74) is 4.11. The fourth-order valence-corrected chi connectivity index (χ4v) is 13.9. The van der Waals surface area contributed by atoms with Crippen LogP contribution < -0.4 is 52.8 Å². The molecule has 7 heterocycles. The second-order valence-corrected chi connectivity index (χ2v) is 35.6. The molecule has 7 aromatic carbocycles. The van der Waals surface area contributed by atoms with E-state index in [1.165, 1.54) is 42.5 Å². The Hall–Kier alpha value is -17.1. The number of nitrogens with zero attached hydrogens (tertiary/aromatic N) is 26. The third kappa shape index (κ3) is 33.3. The molecule has 23 N–H and O–H groups in total. The number of benzene rings is 7. The summed E-state index contributed by atoms with van der Waals surface area (Å²) in [6.07, 6.45) is 0.745. The molecule has 146 heavy (non-hydrogen) atoms. The molecule has 7 aromatic rings. The lowest BCUT2D eigenvalue weighted by Gasteiger charge is -2.35. The van der Waals surface area contributed by atoms with Crippen molar-refractivity contribution in [2.45, 2.75) is 124 Å². The first-order valence-electron chi connectivity index (χ1n) is 46.7. The van der Waals surface area contributed by atoms with Crippen molar-refractivity contribution in [2.75, 3.05) is 164 Å². The van der Waals surface area contributed by atoms with E-state index in [1.54, 1.807) is 90.8 Å². The zero-order chi connectivity index (χ0) is 108. The molecule has 0 aliphatic carbocycles. The monoisotopic (exact) mass is 2020 g/mol. The molecule has 49 heteroatoms. The molecule has 7 aliphatic rings. The Bertz CT molecular complexity index is 6050. The molecule has 7 atom stereocenters. The van der Waals surface area contributed by atoms with Crippen LogP contribution >= 0.6 is 0 Å². The first-order chi connectivity index (χ1) is 68.9. The summed E-state index contributed by atoms with van der Waals surface area (Å²) >= 11 is 0. The highest BCUT2D eigenvalue weighted by Gasteiger charge is 2.29. The van der Waals surface area contributed by atoms with Crippen LogP contribution in [0.4, 0.5) is 11.4 Å². The van der Waals surface area contributed by atoms with Gasteiger partial charge in [-0.25, -0.2) is 64.9 Å². The Kier molecular flexibility index (Phi) is 41.6. The molecule has 0 saturated heterocycles. The van der Waals surface area contributed by atoms with E-state index in [1.807, 2.05) is 235 Å². The minimum atomic E-state index is -0.222. The number of anilines is 2. The van der Waals surface area contributed by atoms with Gasteiger partial charge in [-0.3, -0.25) is 41.8 Å². The zero-order valence-electron chi connectivity index (χ0n) is 87.7. The highest BCUT2D eigenvalue weighted by molar-refractivity contribution is 6.09. The van der Waals surface area contributed by atoms with Crippen LogP contribution in [0.25, 0.3) is 0 Å². The Morgan fingerprint density at radius 2 is 0.616 bits per heavy atom. The summed E-state index contributed by atoms with van der Waals surface area (Å²) in [6.45, 7) is 15.8. The zero-order valence-corrected chi connectivity index (χ0v) is 87.7. The van der Waals surface area contributed by atoms with Crippen molar-refractivity contribution in [1.82, 2.24) is 96.4 Å². The van der Waals surface area contributed by atoms with Crippen LogP contribution in [0.5, 0.6) is 80.5 Å². The number of phenolic OH excluding ortho intramolecular Hbond substituents is 14.